The van der Waals surface area contributed by atoms with Crippen LogP contribution >= 0.6 is 0 Å². The zero-order valence-corrected chi connectivity index (χ0v) is 11.8. The van der Waals surface area contributed by atoms with Crippen LogP contribution in [0.2, 0.25) is 0 Å². The standard InChI is InChI=1S/C17H18O3/c1-3-4-13-5-7-14(8-6-13)17(18)20-16-11-9-15(19-2)10-12-16/h5-12H,3-4H2,1-2H3. The van der Waals surface area contributed by atoms with Gasteiger partial charge in [0, 0.05) is 0 Å². The second-order valence-corrected chi connectivity index (χ2v) is 4.51. The minimum absolute atomic E-state index is 0.349. The van der Waals surface area contributed by atoms with Crippen molar-refractivity contribution in [2.45, 2.75) is 19.8 Å². The van der Waals surface area contributed by atoms with Gasteiger partial charge in [0.25, 0.3) is 0 Å². The van der Waals surface area contributed by atoms with Gasteiger partial charge in [-0.2, -0.15) is 0 Å². The molecule has 0 fully saturated rings. The quantitative estimate of drug-likeness (QED) is 0.611. The normalized spacial score (nSPS) is 10.1. The van der Waals surface area contributed by atoms with Crippen molar-refractivity contribution >= 4 is 5.97 Å². The molecule has 0 bridgehead atoms. The third kappa shape index (κ3) is 3.60. The zero-order chi connectivity index (χ0) is 14.4. The minimum Gasteiger partial charge on any atom is -0.497 e. The van der Waals surface area contributed by atoms with Gasteiger partial charge in [-0.1, -0.05) is 25.5 Å². The smallest absolute Gasteiger partial charge is 0.343 e. The van der Waals surface area contributed by atoms with Crippen LogP contribution in [-0.2, 0) is 6.42 Å². The van der Waals surface area contributed by atoms with E-state index in [1.54, 1.807) is 43.5 Å². The van der Waals surface area contributed by atoms with E-state index in [0.717, 1.165) is 18.6 Å². The van der Waals surface area contributed by atoms with Crippen LogP contribution in [-0.4, -0.2) is 13.1 Å². The summed E-state index contributed by atoms with van der Waals surface area (Å²) in [6.07, 6.45) is 2.11. The molecule has 3 heteroatoms. The Labute approximate surface area is 119 Å². The van der Waals surface area contributed by atoms with E-state index in [1.807, 2.05) is 12.1 Å². The molecule has 0 radical (unpaired) electrons. The second kappa shape index (κ2) is 6.75. The van der Waals surface area contributed by atoms with Gasteiger partial charge >= 0.3 is 5.97 Å². The van der Waals surface area contributed by atoms with Gasteiger partial charge < -0.3 is 9.47 Å². The van der Waals surface area contributed by atoms with Crippen LogP contribution in [0.15, 0.2) is 48.5 Å². The number of ether oxygens (including phenoxy) is 2. The van der Waals surface area contributed by atoms with E-state index in [1.165, 1.54) is 5.56 Å². The molecule has 0 aliphatic heterocycles. The number of rotatable bonds is 5. The molecule has 0 heterocycles. The highest BCUT2D eigenvalue weighted by Gasteiger charge is 2.08. The van der Waals surface area contributed by atoms with E-state index in [2.05, 4.69) is 6.92 Å². The molecule has 104 valence electrons. The van der Waals surface area contributed by atoms with Crippen molar-refractivity contribution in [3.05, 3.63) is 59.7 Å². The molecular weight excluding hydrogens is 252 g/mol. The third-order valence-corrected chi connectivity index (χ3v) is 3.00. The third-order valence-electron chi connectivity index (χ3n) is 3.00. The van der Waals surface area contributed by atoms with E-state index in [9.17, 15) is 4.79 Å². The number of esters is 1. The number of hydrogen-bond acceptors (Lipinski definition) is 3. The van der Waals surface area contributed by atoms with Crippen molar-refractivity contribution in [1.82, 2.24) is 0 Å². The first kappa shape index (κ1) is 14.1. The van der Waals surface area contributed by atoms with Gasteiger partial charge in [-0.25, -0.2) is 4.79 Å². The van der Waals surface area contributed by atoms with Gasteiger partial charge in [-0.05, 0) is 48.4 Å². The fourth-order valence-electron chi connectivity index (χ4n) is 1.91. The van der Waals surface area contributed by atoms with E-state index in [0.29, 0.717) is 11.3 Å². The first-order chi connectivity index (χ1) is 9.72. The minimum atomic E-state index is -0.349. The fraction of sp³-hybridized carbons (Fsp3) is 0.235. The fourth-order valence-corrected chi connectivity index (χ4v) is 1.91. The Morgan fingerprint density at radius 1 is 0.950 bits per heavy atom. The number of benzene rings is 2. The van der Waals surface area contributed by atoms with Gasteiger partial charge in [-0.15, -0.1) is 0 Å². The van der Waals surface area contributed by atoms with Crippen molar-refractivity contribution in [3.8, 4) is 11.5 Å². The monoisotopic (exact) mass is 270 g/mol. The Balaban J connectivity index is 2.03. The summed E-state index contributed by atoms with van der Waals surface area (Å²) in [5, 5.41) is 0. The van der Waals surface area contributed by atoms with Crippen LogP contribution in [0.4, 0.5) is 0 Å². The Morgan fingerprint density at radius 2 is 1.55 bits per heavy atom. The molecule has 0 unspecified atom stereocenters. The first-order valence-corrected chi connectivity index (χ1v) is 6.68. The molecule has 0 aliphatic rings. The van der Waals surface area contributed by atoms with Gasteiger partial charge in [0.1, 0.15) is 11.5 Å². The Bertz CT molecular complexity index is 556. The van der Waals surface area contributed by atoms with Crippen molar-refractivity contribution in [2.75, 3.05) is 7.11 Å². The summed E-state index contributed by atoms with van der Waals surface area (Å²) >= 11 is 0. The molecule has 0 spiro atoms. The molecule has 2 aromatic rings. The van der Waals surface area contributed by atoms with Crippen LogP contribution < -0.4 is 9.47 Å². The summed E-state index contributed by atoms with van der Waals surface area (Å²) in [4.78, 5) is 12.0. The van der Waals surface area contributed by atoms with E-state index < -0.39 is 0 Å². The largest absolute Gasteiger partial charge is 0.497 e. The maximum atomic E-state index is 12.0. The molecule has 2 rings (SSSR count). The maximum absolute atomic E-state index is 12.0. The van der Waals surface area contributed by atoms with E-state index in [4.69, 9.17) is 9.47 Å². The lowest BCUT2D eigenvalue weighted by Crippen LogP contribution is -2.08. The Kier molecular flexibility index (Phi) is 4.77. The predicted octanol–water partition coefficient (Wildman–Crippen LogP) is 3.87. The summed E-state index contributed by atoms with van der Waals surface area (Å²) in [7, 11) is 1.60. The highest BCUT2D eigenvalue weighted by molar-refractivity contribution is 5.91. The van der Waals surface area contributed by atoms with Gasteiger partial charge in [0.15, 0.2) is 0 Å². The number of hydrogen-bond donors (Lipinski definition) is 0. The van der Waals surface area contributed by atoms with Crippen LogP contribution in [0, 0.1) is 0 Å². The number of aryl methyl sites for hydroxylation is 1. The molecule has 0 saturated heterocycles. The lowest BCUT2D eigenvalue weighted by molar-refractivity contribution is 0.0734. The highest BCUT2D eigenvalue weighted by Crippen LogP contribution is 2.18. The molecule has 0 aliphatic carbocycles. The predicted molar refractivity (Wildman–Crippen MR) is 78.4 cm³/mol. The van der Waals surface area contributed by atoms with Gasteiger partial charge in [0.2, 0.25) is 0 Å². The van der Waals surface area contributed by atoms with Crippen LogP contribution in [0.25, 0.3) is 0 Å². The Morgan fingerprint density at radius 3 is 2.10 bits per heavy atom. The maximum Gasteiger partial charge on any atom is 0.343 e. The molecular formula is C17H18O3. The van der Waals surface area contributed by atoms with Gasteiger partial charge in [0.05, 0.1) is 12.7 Å². The van der Waals surface area contributed by atoms with E-state index in [-0.39, 0.29) is 5.97 Å². The number of carbonyl (C=O) groups is 1. The van der Waals surface area contributed by atoms with Crippen molar-refractivity contribution in [2.24, 2.45) is 0 Å². The Hall–Kier alpha value is -2.29. The lowest BCUT2D eigenvalue weighted by Gasteiger charge is -2.06. The second-order valence-electron chi connectivity index (χ2n) is 4.51. The van der Waals surface area contributed by atoms with Gasteiger partial charge in [-0.3, -0.25) is 0 Å². The molecule has 0 N–H and O–H groups in total. The summed E-state index contributed by atoms with van der Waals surface area (Å²) in [5.41, 5.74) is 1.79. The molecule has 0 amide bonds. The summed E-state index contributed by atoms with van der Waals surface area (Å²) < 4.78 is 10.4. The molecule has 20 heavy (non-hydrogen) atoms. The molecule has 3 nitrogen and oxygen atoms in total. The lowest BCUT2D eigenvalue weighted by atomic mass is 10.1. The SMILES string of the molecule is CCCc1ccc(C(=O)Oc2ccc(OC)cc2)cc1. The zero-order valence-electron chi connectivity index (χ0n) is 11.8. The average Bonchev–Trinajstić information content (AvgIpc) is 2.49. The number of carbonyl (C=O) groups excluding carboxylic acids is 1. The van der Waals surface area contributed by atoms with Crippen LogP contribution in [0.1, 0.15) is 29.3 Å². The van der Waals surface area contributed by atoms with Crippen molar-refractivity contribution < 1.29 is 14.3 Å². The van der Waals surface area contributed by atoms with Crippen molar-refractivity contribution in [1.29, 1.82) is 0 Å². The highest BCUT2D eigenvalue weighted by atomic mass is 16.5. The van der Waals surface area contributed by atoms with Crippen LogP contribution in [0.5, 0.6) is 11.5 Å². The molecule has 0 saturated carbocycles. The average molecular weight is 270 g/mol. The molecule has 2 aromatic carbocycles. The first-order valence-electron chi connectivity index (χ1n) is 6.68. The summed E-state index contributed by atoms with van der Waals surface area (Å²) in [6.45, 7) is 2.13. The molecule has 0 atom stereocenters. The number of methoxy groups -OCH3 is 1. The summed E-state index contributed by atoms with van der Waals surface area (Å²) in [6, 6.07) is 14.5. The molecule has 0 aromatic heterocycles. The topological polar surface area (TPSA) is 35.5 Å². The van der Waals surface area contributed by atoms with Crippen molar-refractivity contribution in [3.63, 3.8) is 0 Å². The summed E-state index contributed by atoms with van der Waals surface area (Å²) in [5.74, 6) is 0.889. The van der Waals surface area contributed by atoms with E-state index >= 15 is 0 Å². The van der Waals surface area contributed by atoms with Crippen LogP contribution in [0.3, 0.4) is 0 Å².